The van der Waals surface area contributed by atoms with E-state index in [1.807, 2.05) is 12.1 Å². The van der Waals surface area contributed by atoms with E-state index in [1.165, 1.54) is 4.90 Å². The van der Waals surface area contributed by atoms with Gasteiger partial charge in [0.15, 0.2) is 6.61 Å². The lowest BCUT2D eigenvalue weighted by Crippen LogP contribution is -2.44. The molecule has 2 aliphatic rings. The number of carbonyl (C=O) groups excluding carboxylic acids is 2. The highest BCUT2D eigenvalue weighted by molar-refractivity contribution is 6.02. The third kappa shape index (κ3) is 3.70. The molecule has 2 amide bonds. The molecule has 0 saturated heterocycles. The summed E-state index contributed by atoms with van der Waals surface area (Å²) in [7, 11) is 0. The van der Waals surface area contributed by atoms with E-state index in [2.05, 4.69) is 17.5 Å². The number of rotatable bonds is 3. The van der Waals surface area contributed by atoms with E-state index >= 15 is 0 Å². The summed E-state index contributed by atoms with van der Waals surface area (Å²) in [5, 5.41) is 4.21. The molecule has 1 fully saturated rings. The standard InChI is InChI=1S/C17H21N3O3/c1-12-6-8-13(9-7-12)18-19-16(21)10-20-14-4-2-3-5-15(14)23-11-17(20)22/h2-5,12H,6-11H2,1H3,(H,19,21). The molecule has 0 atom stereocenters. The number of nitrogens with one attached hydrogen (secondary N) is 1. The molecule has 1 saturated carbocycles. The van der Waals surface area contributed by atoms with Crippen LogP contribution in [0.4, 0.5) is 5.69 Å². The van der Waals surface area contributed by atoms with E-state index in [-0.39, 0.29) is 25.0 Å². The van der Waals surface area contributed by atoms with Gasteiger partial charge in [-0.1, -0.05) is 19.1 Å². The van der Waals surface area contributed by atoms with Crippen molar-refractivity contribution in [2.24, 2.45) is 11.0 Å². The smallest absolute Gasteiger partial charge is 0.265 e. The van der Waals surface area contributed by atoms with Gasteiger partial charge < -0.3 is 4.74 Å². The van der Waals surface area contributed by atoms with Crippen LogP contribution in [0.15, 0.2) is 29.4 Å². The Balaban J connectivity index is 1.62. The number of para-hydroxylation sites is 2. The Hall–Kier alpha value is -2.37. The van der Waals surface area contributed by atoms with Gasteiger partial charge in [-0.25, -0.2) is 5.43 Å². The maximum atomic E-state index is 12.1. The molecule has 6 nitrogen and oxygen atoms in total. The molecular formula is C17H21N3O3. The van der Waals surface area contributed by atoms with Crippen LogP contribution in [0.1, 0.15) is 32.6 Å². The second kappa shape index (κ2) is 6.81. The Kier molecular flexibility index (Phi) is 4.60. The monoisotopic (exact) mass is 315 g/mol. The minimum atomic E-state index is -0.291. The molecule has 0 aromatic heterocycles. The number of benzene rings is 1. The second-order valence-electron chi connectivity index (χ2n) is 6.13. The number of ether oxygens (including phenoxy) is 1. The van der Waals surface area contributed by atoms with Crippen LogP contribution in [-0.4, -0.2) is 30.7 Å². The number of hydrazone groups is 1. The maximum absolute atomic E-state index is 12.1. The van der Waals surface area contributed by atoms with E-state index in [9.17, 15) is 9.59 Å². The third-order valence-electron chi connectivity index (χ3n) is 4.30. The molecule has 1 aliphatic carbocycles. The zero-order valence-corrected chi connectivity index (χ0v) is 13.2. The van der Waals surface area contributed by atoms with Crippen LogP contribution in [0.3, 0.4) is 0 Å². The van der Waals surface area contributed by atoms with Crippen molar-refractivity contribution in [3.63, 3.8) is 0 Å². The van der Waals surface area contributed by atoms with Gasteiger partial charge >= 0.3 is 0 Å². The molecule has 23 heavy (non-hydrogen) atoms. The van der Waals surface area contributed by atoms with Crippen molar-refractivity contribution in [1.29, 1.82) is 0 Å². The summed E-state index contributed by atoms with van der Waals surface area (Å²) in [5.41, 5.74) is 4.24. The van der Waals surface area contributed by atoms with Gasteiger partial charge in [0.2, 0.25) is 0 Å². The Morgan fingerprint density at radius 1 is 1.35 bits per heavy atom. The number of hydrogen-bond acceptors (Lipinski definition) is 4. The van der Waals surface area contributed by atoms with Gasteiger partial charge in [0.25, 0.3) is 11.8 Å². The third-order valence-corrected chi connectivity index (χ3v) is 4.30. The Morgan fingerprint density at radius 3 is 2.87 bits per heavy atom. The summed E-state index contributed by atoms with van der Waals surface area (Å²) in [5.74, 6) is 0.832. The van der Waals surface area contributed by atoms with Crippen molar-refractivity contribution >= 4 is 23.2 Å². The number of amides is 2. The molecule has 1 aromatic carbocycles. The maximum Gasteiger partial charge on any atom is 0.265 e. The highest BCUT2D eigenvalue weighted by atomic mass is 16.5. The summed E-state index contributed by atoms with van der Waals surface area (Å²) in [6.07, 6.45) is 4.09. The van der Waals surface area contributed by atoms with E-state index in [1.54, 1.807) is 12.1 Å². The minimum Gasteiger partial charge on any atom is -0.482 e. The van der Waals surface area contributed by atoms with Crippen molar-refractivity contribution in [2.75, 3.05) is 18.1 Å². The quantitative estimate of drug-likeness (QED) is 0.868. The fraction of sp³-hybridized carbons (Fsp3) is 0.471. The molecule has 0 spiro atoms. The average molecular weight is 315 g/mol. The highest BCUT2D eigenvalue weighted by Crippen LogP contribution is 2.31. The lowest BCUT2D eigenvalue weighted by molar-refractivity contribution is -0.125. The topological polar surface area (TPSA) is 71.0 Å². The molecule has 6 heteroatoms. The lowest BCUT2D eigenvalue weighted by atomic mass is 9.90. The van der Waals surface area contributed by atoms with Gasteiger partial charge in [-0.2, -0.15) is 5.10 Å². The van der Waals surface area contributed by atoms with E-state index in [0.717, 1.165) is 37.3 Å². The van der Waals surface area contributed by atoms with Gasteiger partial charge in [0, 0.05) is 5.71 Å². The fourth-order valence-electron chi connectivity index (χ4n) is 2.85. The van der Waals surface area contributed by atoms with Crippen LogP contribution in [0.25, 0.3) is 0 Å². The van der Waals surface area contributed by atoms with Crippen LogP contribution in [0, 0.1) is 5.92 Å². The molecule has 122 valence electrons. The first-order valence-corrected chi connectivity index (χ1v) is 8.00. The van der Waals surface area contributed by atoms with Crippen LogP contribution in [0.2, 0.25) is 0 Å². The number of nitrogens with zero attached hydrogens (tertiary/aromatic N) is 2. The van der Waals surface area contributed by atoms with E-state index in [0.29, 0.717) is 11.4 Å². The predicted molar refractivity (Wildman–Crippen MR) is 87.5 cm³/mol. The summed E-state index contributed by atoms with van der Waals surface area (Å²) >= 11 is 0. The largest absolute Gasteiger partial charge is 0.482 e. The first-order chi connectivity index (χ1) is 11.1. The summed E-state index contributed by atoms with van der Waals surface area (Å²) in [4.78, 5) is 25.6. The van der Waals surface area contributed by atoms with Crippen molar-refractivity contribution in [3.8, 4) is 5.75 Å². The van der Waals surface area contributed by atoms with Crippen LogP contribution in [-0.2, 0) is 9.59 Å². The van der Waals surface area contributed by atoms with Crippen molar-refractivity contribution in [1.82, 2.24) is 5.43 Å². The zero-order chi connectivity index (χ0) is 16.2. The SMILES string of the molecule is CC1CCC(=NNC(=O)CN2C(=O)COc3ccccc32)CC1. The van der Waals surface area contributed by atoms with Crippen molar-refractivity contribution in [3.05, 3.63) is 24.3 Å². The van der Waals surface area contributed by atoms with Crippen LogP contribution >= 0.6 is 0 Å². The fourth-order valence-corrected chi connectivity index (χ4v) is 2.85. The number of hydrogen-bond donors (Lipinski definition) is 1. The highest BCUT2D eigenvalue weighted by Gasteiger charge is 2.26. The van der Waals surface area contributed by atoms with Crippen molar-refractivity contribution in [2.45, 2.75) is 32.6 Å². The molecule has 3 rings (SSSR count). The number of anilines is 1. The van der Waals surface area contributed by atoms with Gasteiger partial charge in [-0.15, -0.1) is 0 Å². The van der Waals surface area contributed by atoms with E-state index < -0.39 is 0 Å². The summed E-state index contributed by atoms with van der Waals surface area (Å²) in [6.45, 7) is 2.14. The molecule has 1 N–H and O–H groups in total. The molecule has 1 aliphatic heterocycles. The lowest BCUT2D eigenvalue weighted by Gasteiger charge is -2.28. The van der Waals surface area contributed by atoms with E-state index in [4.69, 9.17) is 4.74 Å². The zero-order valence-electron chi connectivity index (χ0n) is 13.2. The predicted octanol–water partition coefficient (Wildman–Crippen LogP) is 2.09. The van der Waals surface area contributed by atoms with Crippen molar-refractivity contribution < 1.29 is 14.3 Å². The average Bonchev–Trinajstić information content (AvgIpc) is 2.57. The molecule has 0 radical (unpaired) electrons. The summed E-state index contributed by atoms with van der Waals surface area (Å²) in [6, 6.07) is 7.21. The second-order valence-corrected chi connectivity index (χ2v) is 6.13. The molecule has 0 bridgehead atoms. The van der Waals surface area contributed by atoms with Gasteiger partial charge in [0.1, 0.15) is 12.3 Å². The minimum absolute atomic E-state index is 0.0449. The molecular weight excluding hydrogens is 294 g/mol. The first kappa shape index (κ1) is 15.5. The Morgan fingerprint density at radius 2 is 2.09 bits per heavy atom. The molecule has 1 aromatic rings. The Labute approximate surface area is 135 Å². The van der Waals surface area contributed by atoms with Crippen LogP contribution < -0.4 is 15.1 Å². The first-order valence-electron chi connectivity index (χ1n) is 8.00. The molecule has 0 unspecified atom stereocenters. The number of fused-ring (bicyclic) bond motifs is 1. The van der Waals surface area contributed by atoms with Crippen LogP contribution in [0.5, 0.6) is 5.75 Å². The van der Waals surface area contributed by atoms with Gasteiger partial charge in [-0.05, 0) is 43.7 Å². The summed E-state index contributed by atoms with van der Waals surface area (Å²) < 4.78 is 5.36. The molecule has 1 heterocycles. The van der Waals surface area contributed by atoms with Gasteiger partial charge in [-0.3, -0.25) is 14.5 Å². The van der Waals surface area contributed by atoms with Gasteiger partial charge in [0.05, 0.1) is 5.69 Å². The number of carbonyl (C=O) groups is 2. The normalized spacial score (nSPS) is 20.6. The Bertz CT molecular complexity index is 632.